The van der Waals surface area contributed by atoms with E-state index in [0.29, 0.717) is 13.0 Å². The molecule has 0 bridgehead atoms. The summed E-state index contributed by atoms with van der Waals surface area (Å²) in [5, 5.41) is 23.6. The van der Waals surface area contributed by atoms with E-state index >= 15 is 0 Å². The van der Waals surface area contributed by atoms with Crippen LogP contribution in [0.5, 0.6) is 0 Å². The Morgan fingerprint density at radius 1 is 1.25 bits per heavy atom. The predicted molar refractivity (Wildman–Crippen MR) is 90.4 cm³/mol. The van der Waals surface area contributed by atoms with Crippen LogP contribution < -0.4 is 10.4 Å². The molecule has 2 atom stereocenters. The Bertz CT molecular complexity index is 413. The van der Waals surface area contributed by atoms with Crippen LogP contribution in [-0.4, -0.2) is 61.2 Å². The number of hydroxylamine groups is 2. The summed E-state index contributed by atoms with van der Waals surface area (Å²) in [6.45, 7) is 4.25. The minimum Gasteiger partial charge on any atom is -0.634 e. The number of hydrogen-bond acceptors (Lipinski definition) is 4. The molecule has 2 unspecified atom stereocenters. The maximum Gasteiger partial charge on any atom is 0.309 e. The minimum atomic E-state index is -0.943. The molecule has 0 aromatic rings. The number of carboxylic acid groups (broad SMARTS) is 1. The Labute approximate surface area is 144 Å². The van der Waals surface area contributed by atoms with Crippen molar-refractivity contribution in [1.82, 2.24) is 10.2 Å². The monoisotopic (exact) mass is 341 g/mol. The van der Waals surface area contributed by atoms with Crippen molar-refractivity contribution in [2.24, 2.45) is 11.8 Å². The zero-order valence-corrected chi connectivity index (χ0v) is 14.5. The zero-order chi connectivity index (χ0) is 17.4. The molecule has 0 aromatic heterocycles. The Balaban J connectivity index is 1.69. The highest BCUT2D eigenvalue weighted by molar-refractivity contribution is 5.79. The van der Waals surface area contributed by atoms with E-state index in [1.165, 1.54) is 12.8 Å². The van der Waals surface area contributed by atoms with E-state index in [9.17, 15) is 14.8 Å². The fraction of sp³-hybridized carbons (Fsp3) is 0.882. The maximum absolute atomic E-state index is 12.6. The quantitative estimate of drug-likeness (QED) is 0.507. The van der Waals surface area contributed by atoms with Gasteiger partial charge < -0.3 is 25.6 Å². The van der Waals surface area contributed by atoms with Gasteiger partial charge in [0.1, 0.15) is 0 Å². The summed E-state index contributed by atoms with van der Waals surface area (Å²) in [7, 11) is 0. The second-order valence-electron chi connectivity index (χ2n) is 7.12. The Morgan fingerprint density at radius 2 is 2.00 bits per heavy atom. The van der Waals surface area contributed by atoms with Crippen LogP contribution in [0.3, 0.4) is 0 Å². The van der Waals surface area contributed by atoms with E-state index in [1.807, 2.05) is 4.90 Å². The number of hydrogen-bond donors (Lipinski definition) is 3. The summed E-state index contributed by atoms with van der Waals surface area (Å²) in [6, 6.07) is 0. The molecule has 138 valence electrons. The molecule has 2 saturated heterocycles. The number of carbonyl (C=O) groups excluding carboxylic acids is 1. The fourth-order valence-electron chi connectivity index (χ4n) is 3.73. The van der Waals surface area contributed by atoms with Crippen molar-refractivity contribution < 1.29 is 19.8 Å². The number of quaternary nitrogens is 1. The summed E-state index contributed by atoms with van der Waals surface area (Å²) < 4.78 is 0. The number of rotatable bonds is 9. The molecule has 7 nitrogen and oxygen atoms in total. The number of nitrogens with zero attached hydrogens (tertiary/aromatic N) is 1. The van der Waals surface area contributed by atoms with Crippen LogP contribution in [0.2, 0.25) is 0 Å². The van der Waals surface area contributed by atoms with Gasteiger partial charge in [0.2, 0.25) is 5.91 Å². The summed E-state index contributed by atoms with van der Waals surface area (Å²) >= 11 is 0. The minimum absolute atomic E-state index is 0.0444. The molecule has 2 aliphatic rings. The molecular formula is C17H31N3O4. The number of piperidine rings is 2. The summed E-state index contributed by atoms with van der Waals surface area (Å²) in [5.74, 6) is -0.0834. The van der Waals surface area contributed by atoms with Gasteiger partial charge in [-0.05, 0) is 51.1 Å². The van der Waals surface area contributed by atoms with Gasteiger partial charge in [-0.25, -0.2) is 0 Å². The molecule has 24 heavy (non-hydrogen) atoms. The topological polar surface area (TPSA) is 97.1 Å². The van der Waals surface area contributed by atoms with Crippen molar-refractivity contribution in [2.45, 2.75) is 44.9 Å². The van der Waals surface area contributed by atoms with Crippen molar-refractivity contribution in [3.63, 3.8) is 0 Å². The van der Waals surface area contributed by atoms with Gasteiger partial charge in [-0.3, -0.25) is 9.59 Å². The molecule has 2 rings (SSSR count). The molecule has 0 spiro atoms. The molecule has 3 N–H and O–H groups in total. The van der Waals surface area contributed by atoms with E-state index in [2.05, 4.69) is 5.32 Å². The number of aliphatic carboxylic acids is 1. The van der Waals surface area contributed by atoms with Gasteiger partial charge in [0.15, 0.2) is 0 Å². The van der Waals surface area contributed by atoms with Crippen molar-refractivity contribution in [3.05, 3.63) is 5.21 Å². The second-order valence-corrected chi connectivity index (χ2v) is 7.12. The van der Waals surface area contributed by atoms with Gasteiger partial charge in [0.05, 0.1) is 19.5 Å². The third-order valence-electron chi connectivity index (χ3n) is 5.30. The standard InChI is InChI=1S/C17H31N3O4/c21-16(22)7-13-20(24)12-6-15-2-1-10-19(17(15)23)11-5-14-3-8-18-9-4-14/h14-15,18,20H,1-13H2,(H,21,22). The first kappa shape index (κ1) is 19.1. The van der Waals surface area contributed by atoms with E-state index in [1.54, 1.807) is 0 Å². The first-order valence-electron chi connectivity index (χ1n) is 9.29. The van der Waals surface area contributed by atoms with Crippen molar-refractivity contribution in [2.75, 3.05) is 39.3 Å². The Kier molecular flexibility index (Phi) is 7.94. The molecule has 2 heterocycles. The molecule has 0 aliphatic carbocycles. The molecule has 0 radical (unpaired) electrons. The summed E-state index contributed by atoms with van der Waals surface area (Å²) in [4.78, 5) is 25.1. The van der Waals surface area contributed by atoms with Gasteiger partial charge in [-0.2, -0.15) is 0 Å². The fourth-order valence-corrected chi connectivity index (χ4v) is 3.73. The third-order valence-corrected chi connectivity index (χ3v) is 5.30. The molecule has 1 amide bonds. The van der Waals surface area contributed by atoms with Crippen LogP contribution in [0.4, 0.5) is 0 Å². The molecule has 0 aromatic carbocycles. The van der Waals surface area contributed by atoms with Gasteiger partial charge >= 0.3 is 5.97 Å². The van der Waals surface area contributed by atoms with Crippen molar-refractivity contribution >= 4 is 11.9 Å². The normalized spacial score (nSPS) is 24.1. The molecule has 7 heteroatoms. The number of carbonyl (C=O) groups is 2. The molecule has 2 fully saturated rings. The van der Waals surface area contributed by atoms with Crippen molar-refractivity contribution in [3.8, 4) is 0 Å². The van der Waals surface area contributed by atoms with Crippen molar-refractivity contribution in [1.29, 1.82) is 0 Å². The summed E-state index contributed by atoms with van der Waals surface area (Å²) in [5.41, 5.74) is 0. The van der Waals surface area contributed by atoms with E-state index < -0.39 is 5.97 Å². The van der Waals surface area contributed by atoms with Crippen LogP contribution in [0, 0.1) is 17.0 Å². The van der Waals surface area contributed by atoms with E-state index in [4.69, 9.17) is 5.11 Å². The Morgan fingerprint density at radius 3 is 2.71 bits per heavy atom. The SMILES string of the molecule is O=C(O)CC[NH+]([O-])CCC1CCCN(CCC2CCNCC2)C1=O. The highest BCUT2D eigenvalue weighted by Gasteiger charge is 2.29. The van der Waals surface area contributed by atoms with Crippen LogP contribution in [0.1, 0.15) is 44.9 Å². The molecule has 2 aliphatic heterocycles. The zero-order valence-electron chi connectivity index (χ0n) is 14.5. The lowest BCUT2D eigenvalue weighted by Gasteiger charge is -2.34. The number of amides is 1. The lowest BCUT2D eigenvalue weighted by molar-refractivity contribution is -0.848. The lowest BCUT2D eigenvalue weighted by atomic mass is 9.91. The average Bonchev–Trinajstić information content (AvgIpc) is 2.59. The van der Waals surface area contributed by atoms with E-state index in [-0.39, 0.29) is 29.9 Å². The lowest BCUT2D eigenvalue weighted by Crippen LogP contribution is -3.07. The predicted octanol–water partition coefficient (Wildman–Crippen LogP) is -0.138. The number of carboxylic acids is 1. The highest BCUT2D eigenvalue weighted by Crippen LogP contribution is 2.23. The van der Waals surface area contributed by atoms with Gasteiger partial charge in [-0.15, -0.1) is 0 Å². The first-order valence-corrected chi connectivity index (χ1v) is 9.29. The van der Waals surface area contributed by atoms with Crippen LogP contribution >= 0.6 is 0 Å². The average molecular weight is 341 g/mol. The number of likely N-dealkylation sites (tertiary alicyclic amines) is 1. The maximum atomic E-state index is 12.6. The molecule has 0 saturated carbocycles. The van der Waals surface area contributed by atoms with Crippen LogP contribution in [0.25, 0.3) is 0 Å². The van der Waals surface area contributed by atoms with Gasteiger partial charge in [0.25, 0.3) is 0 Å². The molecular weight excluding hydrogens is 310 g/mol. The second kappa shape index (κ2) is 9.96. The third kappa shape index (κ3) is 6.37. The largest absolute Gasteiger partial charge is 0.634 e. The van der Waals surface area contributed by atoms with Crippen LogP contribution in [-0.2, 0) is 9.59 Å². The first-order chi connectivity index (χ1) is 11.6. The highest BCUT2D eigenvalue weighted by atomic mass is 16.5. The van der Waals surface area contributed by atoms with Gasteiger partial charge in [0, 0.05) is 25.4 Å². The van der Waals surface area contributed by atoms with Crippen LogP contribution in [0.15, 0.2) is 0 Å². The smallest absolute Gasteiger partial charge is 0.309 e. The van der Waals surface area contributed by atoms with Gasteiger partial charge in [-0.1, -0.05) is 0 Å². The van der Waals surface area contributed by atoms with E-state index in [0.717, 1.165) is 51.4 Å². The Hall–Kier alpha value is -1.18. The summed E-state index contributed by atoms with van der Waals surface area (Å²) in [6.07, 6.45) is 5.80. The number of nitrogens with one attached hydrogen (secondary N) is 2.